The first-order valence-corrected chi connectivity index (χ1v) is 27.4. The molecule has 61 heavy (non-hydrogen) atoms. The zero-order valence-electron chi connectivity index (χ0n) is 40.9. The maximum absolute atomic E-state index is 12.9. The first-order valence-electron chi connectivity index (χ1n) is 25.9. The zero-order valence-corrected chi connectivity index (χ0v) is 41.8. The molecule has 3 unspecified atom stereocenters. The highest BCUT2D eigenvalue weighted by atomic mass is 31.2. The minimum atomic E-state index is -4.34. The normalized spacial score (nSPS) is 14.4. The molecule has 0 fully saturated rings. The van der Waals surface area contributed by atoms with Crippen molar-refractivity contribution < 1.29 is 32.9 Å². The van der Waals surface area contributed by atoms with E-state index in [4.69, 9.17) is 9.05 Å². The summed E-state index contributed by atoms with van der Waals surface area (Å²) in [5.41, 5.74) is 0. The Balaban J connectivity index is 4.24. The van der Waals surface area contributed by atoms with Crippen molar-refractivity contribution in [2.45, 2.75) is 251 Å². The van der Waals surface area contributed by atoms with E-state index in [1.54, 1.807) is 6.08 Å². The van der Waals surface area contributed by atoms with Crippen molar-refractivity contribution in [2.24, 2.45) is 0 Å². The summed E-state index contributed by atoms with van der Waals surface area (Å²) in [7, 11) is 1.56. The van der Waals surface area contributed by atoms with Gasteiger partial charge in [-0.05, 0) is 44.9 Å². The van der Waals surface area contributed by atoms with Crippen LogP contribution in [0.1, 0.15) is 239 Å². The summed E-state index contributed by atoms with van der Waals surface area (Å²) in [4.78, 5) is 23.2. The molecule has 0 saturated heterocycles. The molecule has 8 nitrogen and oxygen atoms in total. The number of allylic oxidation sites excluding steroid dienone is 5. The van der Waals surface area contributed by atoms with Crippen molar-refractivity contribution in [3.63, 3.8) is 0 Å². The summed E-state index contributed by atoms with van der Waals surface area (Å²) in [6, 6.07) is -0.853. The average Bonchev–Trinajstić information content (AvgIpc) is 3.21. The molecule has 0 bridgehead atoms. The van der Waals surface area contributed by atoms with Gasteiger partial charge in [0.05, 0.1) is 39.9 Å². The first-order chi connectivity index (χ1) is 29.5. The van der Waals surface area contributed by atoms with Gasteiger partial charge in [0.1, 0.15) is 13.2 Å². The number of likely N-dealkylation sites (N-methyl/N-ethyl adjacent to an activating group) is 1. The maximum atomic E-state index is 12.9. The van der Waals surface area contributed by atoms with E-state index >= 15 is 0 Å². The highest BCUT2D eigenvalue weighted by molar-refractivity contribution is 7.47. The van der Waals surface area contributed by atoms with E-state index in [1.165, 1.54) is 154 Å². The highest BCUT2D eigenvalue weighted by Crippen LogP contribution is 2.43. The van der Waals surface area contributed by atoms with Crippen LogP contribution in [0.3, 0.4) is 0 Å². The number of quaternary nitrogens is 1. The molecule has 3 atom stereocenters. The maximum Gasteiger partial charge on any atom is 0.472 e. The topological polar surface area (TPSA) is 105 Å². The molecule has 3 N–H and O–H groups in total. The second-order valence-electron chi connectivity index (χ2n) is 18.9. The molecule has 0 aromatic rings. The van der Waals surface area contributed by atoms with Crippen molar-refractivity contribution in [2.75, 3.05) is 40.9 Å². The molecule has 0 aromatic carbocycles. The largest absolute Gasteiger partial charge is 0.472 e. The first kappa shape index (κ1) is 59.7. The van der Waals surface area contributed by atoms with E-state index in [2.05, 4.69) is 43.5 Å². The van der Waals surface area contributed by atoms with Crippen LogP contribution in [0.4, 0.5) is 0 Å². The summed E-state index contributed by atoms with van der Waals surface area (Å²) in [5.74, 6) is -0.190. The van der Waals surface area contributed by atoms with Gasteiger partial charge < -0.3 is 19.8 Å². The van der Waals surface area contributed by atoms with Crippen molar-refractivity contribution in [1.82, 2.24) is 5.32 Å². The fourth-order valence-corrected chi connectivity index (χ4v) is 8.21. The van der Waals surface area contributed by atoms with E-state index in [0.29, 0.717) is 17.4 Å². The van der Waals surface area contributed by atoms with Crippen molar-refractivity contribution in [1.29, 1.82) is 0 Å². The lowest BCUT2D eigenvalue weighted by Gasteiger charge is -2.25. The molecule has 1 amide bonds. The molecule has 0 rings (SSSR count). The van der Waals surface area contributed by atoms with Crippen LogP contribution in [-0.4, -0.2) is 73.4 Å². The number of carbonyl (C=O) groups excluding carboxylic acids is 1. The summed E-state index contributed by atoms with van der Waals surface area (Å²) < 4.78 is 23.6. The van der Waals surface area contributed by atoms with Gasteiger partial charge >= 0.3 is 7.82 Å². The molecule has 0 aliphatic heterocycles. The summed E-state index contributed by atoms with van der Waals surface area (Å²) in [5, 5.41) is 13.9. The van der Waals surface area contributed by atoms with Crippen LogP contribution < -0.4 is 5.32 Å². The van der Waals surface area contributed by atoms with E-state index in [-0.39, 0.29) is 19.1 Å². The lowest BCUT2D eigenvalue weighted by atomic mass is 10.0. The molecule has 0 saturated carbocycles. The number of phosphoric ester groups is 1. The van der Waals surface area contributed by atoms with Gasteiger partial charge in [-0.1, -0.05) is 224 Å². The second kappa shape index (κ2) is 43.9. The monoisotopic (exact) mass is 882 g/mol. The van der Waals surface area contributed by atoms with Gasteiger partial charge in [0.15, 0.2) is 0 Å². The molecule has 360 valence electrons. The number of rotatable bonds is 47. The average molecular weight is 882 g/mol. The molecule has 0 spiro atoms. The van der Waals surface area contributed by atoms with E-state index in [1.807, 2.05) is 27.2 Å². The third-order valence-corrected chi connectivity index (χ3v) is 12.6. The molecular weight excluding hydrogens is 780 g/mol. The molecule has 0 aliphatic rings. The van der Waals surface area contributed by atoms with Crippen molar-refractivity contribution in [3.05, 3.63) is 36.5 Å². The zero-order chi connectivity index (χ0) is 45.0. The lowest BCUT2D eigenvalue weighted by molar-refractivity contribution is -0.870. The Kier molecular flexibility index (Phi) is 43.0. The molecule has 9 heteroatoms. The fourth-order valence-electron chi connectivity index (χ4n) is 7.47. The van der Waals surface area contributed by atoms with Gasteiger partial charge in [-0.2, -0.15) is 0 Å². The number of aliphatic hydroxyl groups excluding tert-OH is 1. The minimum absolute atomic E-state index is 0.0586. The van der Waals surface area contributed by atoms with Crippen LogP contribution in [-0.2, 0) is 18.4 Å². The predicted molar refractivity (Wildman–Crippen MR) is 263 cm³/mol. The van der Waals surface area contributed by atoms with Crippen molar-refractivity contribution >= 4 is 13.7 Å². The number of hydrogen-bond acceptors (Lipinski definition) is 5. The molecule has 0 radical (unpaired) electrons. The van der Waals surface area contributed by atoms with Crippen LogP contribution in [0.15, 0.2) is 36.5 Å². The predicted octanol–water partition coefficient (Wildman–Crippen LogP) is 15.0. The SMILES string of the molecule is CCCC/C=C\C/C=C\CCCCCCCC(=O)NC(COP(=O)(O)OCC[N+](C)(C)C)C(O)/C=C/CCCCCCCCCCCCCCCCCCCCCCCCC. The number of phosphoric acid groups is 1. The van der Waals surface area contributed by atoms with Gasteiger partial charge in [0, 0.05) is 6.42 Å². The summed E-state index contributed by atoms with van der Waals surface area (Å²) in [6.45, 7) is 4.78. The van der Waals surface area contributed by atoms with Crippen LogP contribution >= 0.6 is 7.82 Å². The molecule has 0 aromatic heterocycles. The van der Waals surface area contributed by atoms with Crippen LogP contribution in [0.5, 0.6) is 0 Å². The number of hydrogen-bond donors (Lipinski definition) is 3. The number of unbranched alkanes of at least 4 members (excludes halogenated alkanes) is 30. The van der Waals surface area contributed by atoms with E-state index in [9.17, 15) is 19.4 Å². The van der Waals surface area contributed by atoms with Crippen molar-refractivity contribution in [3.8, 4) is 0 Å². The Morgan fingerprint density at radius 3 is 1.39 bits per heavy atom. The number of nitrogens with zero attached hydrogens (tertiary/aromatic N) is 1. The van der Waals surface area contributed by atoms with Gasteiger partial charge in [0.2, 0.25) is 5.91 Å². The van der Waals surface area contributed by atoms with Gasteiger partial charge in [-0.15, -0.1) is 0 Å². The summed E-state index contributed by atoms with van der Waals surface area (Å²) >= 11 is 0. The Labute approximate surface area is 378 Å². The smallest absolute Gasteiger partial charge is 0.387 e. The van der Waals surface area contributed by atoms with Gasteiger partial charge in [-0.25, -0.2) is 4.57 Å². The lowest BCUT2D eigenvalue weighted by Crippen LogP contribution is -2.45. The number of amides is 1. The standard InChI is InChI=1S/C52H101N2O6P/c1-6-8-10-12-14-16-18-20-22-23-24-25-26-27-28-29-30-31-32-33-35-37-39-41-43-45-51(55)50(49-60-61(57,58)59-48-47-54(3,4)5)53-52(56)46-44-42-40-38-36-34-21-19-17-15-13-11-9-7-2/h13,15,19,21,43,45,50-51,55H,6-12,14,16-18,20,22-42,44,46-49H2,1-5H3,(H-,53,56,57,58)/p+1/b15-13-,21-19-,45-43+. The van der Waals surface area contributed by atoms with Gasteiger partial charge in [-0.3, -0.25) is 13.8 Å². The van der Waals surface area contributed by atoms with Gasteiger partial charge in [0.25, 0.3) is 0 Å². The Bertz CT molecular complexity index is 1090. The Morgan fingerprint density at radius 1 is 0.557 bits per heavy atom. The third-order valence-electron chi connectivity index (χ3n) is 11.6. The second-order valence-corrected chi connectivity index (χ2v) is 20.4. The number of aliphatic hydroxyl groups is 1. The fraction of sp³-hybridized carbons (Fsp3) is 0.865. The van der Waals surface area contributed by atoms with E-state index in [0.717, 1.165) is 64.2 Å². The number of carbonyl (C=O) groups is 1. The van der Waals surface area contributed by atoms with Crippen LogP contribution in [0, 0.1) is 0 Å². The molecule has 0 heterocycles. The minimum Gasteiger partial charge on any atom is -0.387 e. The Morgan fingerprint density at radius 2 is 0.951 bits per heavy atom. The summed E-state index contributed by atoms with van der Waals surface area (Å²) in [6.07, 6.45) is 55.2. The quantitative estimate of drug-likeness (QED) is 0.0243. The highest BCUT2D eigenvalue weighted by Gasteiger charge is 2.27. The van der Waals surface area contributed by atoms with Crippen LogP contribution in [0.2, 0.25) is 0 Å². The number of nitrogens with one attached hydrogen (secondary N) is 1. The molecular formula is C52H102N2O6P+. The molecule has 0 aliphatic carbocycles. The van der Waals surface area contributed by atoms with E-state index < -0.39 is 20.0 Å². The Hall–Kier alpha value is -1.28. The van der Waals surface area contributed by atoms with Crippen LogP contribution in [0.25, 0.3) is 0 Å². The third kappa shape index (κ3) is 46.5.